The molecule has 29 heavy (non-hydrogen) atoms. The van der Waals surface area contributed by atoms with Crippen molar-refractivity contribution in [3.8, 4) is 0 Å². The van der Waals surface area contributed by atoms with Crippen LogP contribution >= 0.6 is 0 Å². The van der Waals surface area contributed by atoms with E-state index in [0.717, 1.165) is 50.7 Å². The lowest BCUT2D eigenvalue weighted by Gasteiger charge is -2.36. The fourth-order valence-electron chi connectivity index (χ4n) is 3.97. The van der Waals surface area contributed by atoms with Gasteiger partial charge in [-0.1, -0.05) is 0 Å². The first-order valence-electron chi connectivity index (χ1n) is 10.7. The Bertz CT molecular complexity index is 810. The van der Waals surface area contributed by atoms with Crippen LogP contribution in [-0.4, -0.2) is 70.5 Å². The number of nitrogens with one attached hydrogen (secondary N) is 1. The van der Waals surface area contributed by atoms with Gasteiger partial charge in [-0.2, -0.15) is 0 Å². The number of furan rings is 1. The van der Waals surface area contributed by atoms with Gasteiger partial charge in [0.05, 0.1) is 12.0 Å². The van der Waals surface area contributed by atoms with Gasteiger partial charge in [0.25, 0.3) is 5.91 Å². The molecule has 1 N–H and O–H groups in total. The summed E-state index contributed by atoms with van der Waals surface area (Å²) < 4.78 is 7.53. The smallest absolute Gasteiger partial charge is 0.289 e. The maximum Gasteiger partial charge on any atom is 0.289 e. The summed E-state index contributed by atoms with van der Waals surface area (Å²) >= 11 is 0. The minimum absolute atomic E-state index is 0.0414. The van der Waals surface area contributed by atoms with Gasteiger partial charge in [0.2, 0.25) is 0 Å². The molecule has 0 aromatic carbocycles. The molecular weight excluding hydrogens is 368 g/mol. The molecule has 2 aliphatic rings. The van der Waals surface area contributed by atoms with Gasteiger partial charge >= 0.3 is 0 Å². The average molecular weight is 399 g/mol. The van der Waals surface area contributed by atoms with E-state index in [4.69, 9.17) is 14.4 Å². The SMILES string of the molecule is CCNC(=NCCc1cn2c(n1)CCCC2)N1CCN(C(=O)c2ccco2)CC1. The van der Waals surface area contributed by atoms with Crippen LogP contribution < -0.4 is 5.32 Å². The number of aromatic nitrogens is 2. The minimum atomic E-state index is -0.0414. The third kappa shape index (κ3) is 4.63. The van der Waals surface area contributed by atoms with Gasteiger partial charge in [0.1, 0.15) is 5.82 Å². The molecule has 0 aliphatic carbocycles. The van der Waals surface area contributed by atoms with Gasteiger partial charge in [0, 0.05) is 64.9 Å². The molecule has 0 atom stereocenters. The van der Waals surface area contributed by atoms with Crippen molar-refractivity contribution in [3.63, 3.8) is 0 Å². The van der Waals surface area contributed by atoms with E-state index in [2.05, 4.69) is 27.9 Å². The Kier molecular flexibility index (Phi) is 6.17. The number of carbonyl (C=O) groups is 1. The summed E-state index contributed by atoms with van der Waals surface area (Å²) in [7, 11) is 0. The van der Waals surface area contributed by atoms with Crippen molar-refractivity contribution in [1.29, 1.82) is 0 Å². The molecule has 0 spiro atoms. The Morgan fingerprint density at radius 2 is 2.03 bits per heavy atom. The molecule has 0 saturated carbocycles. The van der Waals surface area contributed by atoms with Crippen molar-refractivity contribution >= 4 is 11.9 Å². The number of nitrogens with zero attached hydrogens (tertiary/aromatic N) is 5. The number of carbonyl (C=O) groups excluding carboxylic acids is 1. The Morgan fingerprint density at radius 3 is 2.76 bits per heavy atom. The van der Waals surface area contributed by atoms with Crippen LogP contribution in [0.3, 0.4) is 0 Å². The highest BCUT2D eigenvalue weighted by Gasteiger charge is 2.25. The van der Waals surface area contributed by atoms with Crippen molar-refractivity contribution in [3.05, 3.63) is 41.9 Å². The van der Waals surface area contributed by atoms with Crippen LogP contribution in [-0.2, 0) is 19.4 Å². The van der Waals surface area contributed by atoms with E-state index in [1.807, 2.05) is 4.90 Å². The summed E-state index contributed by atoms with van der Waals surface area (Å²) in [6.45, 7) is 7.56. The second kappa shape index (κ2) is 9.15. The number of fused-ring (bicyclic) bond motifs is 1. The van der Waals surface area contributed by atoms with Crippen molar-refractivity contribution in [1.82, 2.24) is 24.7 Å². The van der Waals surface area contributed by atoms with Gasteiger partial charge in [-0.05, 0) is 31.9 Å². The lowest BCUT2D eigenvalue weighted by Crippen LogP contribution is -2.53. The number of amides is 1. The number of aliphatic imine (C=N–C) groups is 1. The summed E-state index contributed by atoms with van der Waals surface area (Å²) in [5.41, 5.74) is 1.13. The highest BCUT2D eigenvalue weighted by molar-refractivity contribution is 5.91. The van der Waals surface area contributed by atoms with Crippen LogP contribution in [0.4, 0.5) is 0 Å². The molecule has 4 heterocycles. The lowest BCUT2D eigenvalue weighted by atomic mass is 10.2. The van der Waals surface area contributed by atoms with Crippen molar-refractivity contribution in [2.45, 2.75) is 39.2 Å². The number of aryl methyl sites for hydroxylation is 2. The first kappa shape index (κ1) is 19.5. The predicted molar refractivity (Wildman–Crippen MR) is 111 cm³/mol. The average Bonchev–Trinajstić information content (AvgIpc) is 3.42. The molecule has 2 aromatic rings. The third-order valence-electron chi connectivity index (χ3n) is 5.52. The number of guanidine groups is 1. The van der Waals surface area contributed by atoms with Gasteiger partial charge in [0.15, 0.2) is 11.7 Å². The Hall–Kier alpha value is -2.77. The molecule has 1 amide bonds. The molecule has 1 fully saturated rings. The zero-order valence-electron chi connectivity index (χ0n) is 17.1. The molecule has 8 nitrogen and oxygen atoms in total. The molecule has 0 radical (unpaired) electrons. The molecule has 0 unspecified atom stereocenters. The molecule has 2 aromatic heterocycles. The van der Waals surface area contributed by atoms with Crippen molar-refractivity contribution in [2.24, 2.45) is 4.99 Å². The van der Waals surface area contributed by atoms with Crippen LogP contribution in [0.5, 0.6) is 0 Å². The van der Waals surface area contributed by atoms with E-state index in [0.29, 0.717) is 25.4 Å². The molecule has 4 rings (SSSR count). The van der Waals surface area contributed by atoms with E-state index in [9.17, 15) is 4.79 Å². The quantitative estimate of drug-likeness (QED) is 0.614. The number of hydrogen-bond donors (Lipinski definition) is 1. The first-order valence-corrected chi connectivity index (χ1v) is 10.7. The van der Waals surface area contributed by atoms with E-state index < -0.39 is 0 Å². The predicted octanol–water partition coefficient (Wildman–Crippen LogP) is 1.78. The minimum Gasteiger partial charge on any atom is -0.459 e. The second-order valence-corrected chi connectivity index (χ2v) is 7.54. The van der Waals surface area contributed by atoms with Gasteiger partial charge < -0.3 is 24.1 Å². The molecule has 156 valence electrons. The Morgan fingerprint density at radius 1 is 1.21 bits per heavy atom. The molecule has 2 aliphatic heterocycles. The number of hydrogen-bond acceptors (Lipinski definition) is 4. The summed E-state index contributed by atoms with van der Waals surface area (Å²) in [4.78, 5) is 26.1. The summed E-state index contributed by atoms with van der Waals surface area (Å²) in [6, 6.07) is 3.46. The summed E-state index contributed by atoms with van der Waals surface area (Å²) in [6.07, 6.45) is 8.16. The zero-order valence-corrected chi connectivity index (χ0v) is 17.1. The number of rotatable bonds is 5. The van der Waals surface area contributed by atoms with Gasteiger partial charge in [-0.25, -0.2) is 4.98 Å². The fraction of sp³-hybridized carbons (Fsp3) is 0.571. The molecule has 1 saturated heterocycles. The maximum absolute atomic E-state index is 12.4. The third-order valence-corrected chi connectivity index (χ3v) is 5.52. The largest absolute Gasteiger partial charge is 0.459 e. The van der Waals surface area contributed by atoms with E-state index in [1.54, 1.807) is 12.1 Å². The van der Waals surface area contributed by atoms with Crippen molar-refractivity contribution < 1.29 is 9.21 Å². The van der Waals surface area contributed by atoms with E-state index >= 15 is 0 Å². The topological polar surface area (TPSA) is 78.9 Å². The fourth-order valence-corrected chi connectivity index (χ4v) is 3.97. The van der Waals surface area contributed by atoms with Gasteiger partial charge in [-0.3, -0.25) is 9.79 Å². The van der Waals surface area contributed by atoms with Crippen LogP contribution in [0.1, 0.15) is 41.8 Å². The summed E-state index contributed by atoms with van der Waals surface area (Å²) in [5, 5.41) is 3.39. The number of piperazine rings is 1. The van der Waals surface area contributed by atoms with Gasteiger partial charge in [-0.15, -0.1) is 0 Å². The standard InChI is InChI=1S/C21H30N6O2/c1-2-22-21(23-9-8-17-16-27-10-4-3-7-19(27)24-17)26-13-11-25(12-14-26)20(28)18-6-5-15-29-18/h5-6,15-16H,2-4,7-14H2,1H3,(H,22,23). The number of imidazole rings is 1. The van der Waals surface area contributed by atoms with E-state index in [1.165, 1.54) is 24.9 Å². The normalized spacial score (nSPS) is 17.3. The van der Waals surface area contributed by atoms with Crippen LogP contribution in [0.25, 0.3) is 0 Å². The van der Waals surface area contributed by atoms with E-state index in [-0.39, 0.29) is 5.91 Å². The molecular formula is C21H30N6O2. The molecule has 8 heteroatoms. The Labute approximate surface area is 171 Å². The Balaban J connectivity index is 1.31. The maximum atomic E-state index is 12.4. The first-order chi connectivity index (χ1) is 14.2. The van der Waals surface area contributed by atoms with Crippen LogP contribution in [0.15, 0.2) is 34.0 Å². The van der Waals surface area contributed by atoms with Crippen LogP contribution in [0, 0.1) is 0 Å². The zero-order chi connectivity index (χ0) is 20.1. The van der Waals surface area contributed by atoms with Crippen molar-refractivity contribution in [2.75, 3.05) is 39.3 Å². The summed E-state index contributed by atoms with van der Waals surface area (Å²) in [5.74, 6) is 2.50. The van der Waals surface area contributed by atoms with Crippen LogP contribution in [0.2, 0.25) is 0 Å². The lowest BCUT2D eigenvalue weighted by molar-refractivity contribution is 0.0657. The molecule has 0 bridgehead atoms. The highest BCUT2D eigenvalue weighted by Crippen LogP contribution is 2.15. The monoisotopic (exact) mass is 398 g/mol. The second-order valence-electron chi connectivity index (χ2n) is 7.54. The highest BCUT2D eigenvalue weighted by atomic mass is 16.3.